The van der Waals surface area contributed by atoms with E-state index in [1.165, 1.54) is 0 Å². The molecular formula is C16H22ClNO3. The van der Waals surface area contributed by atoms with Crippen LogP contribution < -0.4 is 9.47 Å². The first-order valence-corrected chi connectivity index (χ1v) is 7.00. The zero-order valence-corrected chi connectivity index (χ0v) is 13.2. The SMILES string of the molecule is CCOc1cccc(OCC#CCN2CCOCC2)c1.Cl. The van der Waals surface area contributed by atoms with Crippen LogP contribution in [0.25, 0.3) is 0 Å². The van der Waals surface area contributed by atoms with Crippen molar-refractivity contribution in [2.24, 2.45) is 0 Å². The zero-order chi connectivity index (χ0) is 14.0. The van der Waals surface area contributed by atoms with Crippen LogP contribution in [0.5, 0.6) is 11.5 Å². The summed E-state index contributed by atoms with van der Waals surface area (Å²) in [4.78, 5) is 2.28. The smallest absolute Gasteiger partial charge is 0.149 e. The second-order valence-electron chi connectivity index (χ2n) is 4.44. The quantitative estimate of drug-likeness (QED) is 0.780. The van der Waals surface area contributed by atoms with Crippen LogP contribution >= 0.6 is 12.4 Å². The highest BCUT2D eigenvalue weighted by Crippen LogP contribution is 2.18. The maximum Gasteiger partial charge on any atom is 0.149 e. The van der Waals surface area contributed by atoms with E-state index in [4.69, 9.17) is 14.2 Å². The summed E-state index contributed by atoms with van der Waals surface area (Å²) in [6.07, 6.45) is 0. The van der Waals surface area contributed by atoms with Crippen molar-refractivity contribution in [1.29, 1.82) is 0 Å². The van der Waals surface area contributed by atoms with Gasteiger partial charge in [0.15, 0.2) is 0 Å². The molecule has 0 unspecified atom stereocenters. The average molecular weight is 312 g/mol. The van der Waals surface area contributed by atoms with Crippen LogP contribution in [0.1, 0.15) is 6.92 Å². The standard InChI is InChI=1S/C16H21NO3.ClH/c1-2-19-15-6-5-7-16(14-15)20-11-4-3-8-17-9-12-18-13-10-17;/h5-7,14H,2,8-13H2,1H3;1H. The highest BCUT2D eigenvalue weighted by molar-refractivity contribution is 5.85. The molecule has 0 saturated carbocycles. The summed E-state index contributed by atoms with van der Waals surface area (Å²) in [7, 11) is 0. The van der Waals surface area contributed by atoms with Crippen molar-refractivity contribution in [2.75, 3.05) is 46.1 Å². The molecule has 1 aromatic carbocycles. The third-order valence-corrected chi connectivity index (χ3v) is 2.96. The summed E-state index contributed by atoms with van der Waals surface area (Å²) in [6, 6.07) is 7.63. The summed E-state index contributed by atoms with van der Waals surface area (Å²) >= 11 is 0. The van der Waals surface area contributed by atoms with Crippen molar-refractivity contribution in [3.63, 3.8) is 0 Å². The molecule has 0 spiro atoms. The summed E-state index contributed by atoms with van der Waals surface area (Å²) < 4.78 is 16.3. The van der Waals surface area contributed by atoms with E-state index in [0.29, 0.717) is 13.2 Å². The fraction of sp³-hybridized carbons (Fsp3) is 0.500. The molecule has 1 aliphatic heterocycles. The Bertz CT molecular complexity index is 464. The predicted molar refractivity (Wildman–Crippen MR) is 85.4 cm³/mol. The number of morpholine rings is 1. The zero-order valence-electron chi connectivity index (χ0n) is 12.3. The molecule has 1 fully saturated rings. The summed E-state index contributed by atoms with van der Waals surface area (Å²) in [5.74, 6) is 7.78. The number of ether oxygens (including phenoxy) is 3. The topological polar surface area (TPSA) is 30.9 Å². The van der Waals surface area contributed by atoms with Gasteiger partial charge in [0.05, 0.1) is 26.4 Å². The molecule has 0 atom stereocenters. The first-order valence-electron chi connectivity index (χ1n) is 7.00. The van der Waals surface area contributed by atoms with Crippen LogP contribution in [0.2, 0.25) is 0 Å². The Morgan fingerprint density at radius 2 is 1.86 bits per heavy atom. The Labute approximate surface area is 132 Å². The van der Waals surface area contributed by atoms with Crippen LogP contribution in [0.15, 0.2) is 24.3 Å². The van der Waals surface area contributed by atoms with Crippen LogP contribution in [-0.2, 0) is 4.74 Å². The number of benzene rings is 1. The highest BCUT2D eigenvalue weighted by atomic mass is 35.5. The van der Waals surface area contributed by atoms with Gasteiger partial charge >= 0.3 is 0 Å². The normalized spacial score (nSPS) is 14.5. The molecule has 0 aliphatic carbocycles. The van der Waals surface area contributed by atoms with E-state index in [2.05, 4.69) is 16.7 Å². The van der Waals surface area contributed by atoms with Crippen LogP contribution in [-0.4, -0.2) is 51.0 Å². The molecule has 1 aromatic rings. The van der Waals surface area contributed by atoms with E-state index in [0.717, 1.165) is 44.3 Å². The number of hydrogen-bond acceptors (Lipinski definition) is 4. The fourth-order valence-electron chi connectivity index (χ4n) is 1.92. The molecule has 5 heteroatoms. The van der Waals surface area contributed by atoms with Gasteiger partial charge in [-0.2, -0.15) is 0 Å². The van der Waals surface area contributed by atoms with Gasteiger partial charge in [0.1, 0.15) is 18.1 Å². The number of halogens is 1. The summed E-state index contributed by atoms with van der Waals surface area (Å²) in [5.41, 5.74) is 0. The molecule has 0 N–H and O–H groups in total. The van der Waals surface area contributed by atoms with E-state index < -0.39 is 0 Å². The average Bonchev–Trinajstić information content (AvgIpc) is 2.49. The van der Waals surface area contributed by atoms with Crippen molar-refractivity contribution in [3.05, 3.63) is 24.3 Å². The first kappa shape index (κ1) is 17.6. The maximum atomic E-state index is 5.59. The maximum absolute atomic E-state index is 5.59. The lowest BCUT2D eigenvalue weighted by Gasteiger charge is -2.24. The number of nitrogens with zero attached hydrogens (tertiary/aromatic N) is 1. The molecule has 1 aliphatic rings. The molecule has 116 valence electrons. The van der Waals surface area contributed by atoms with E-state index in [-0.39, 0.29) is 12.4 Å². The van der Waals surface area contributed by atoms with E-state index >= 15 is 0 Å². The third-order valence-electron chi connectivity index (χ3n) is 2.96. The van der Waals surface area contributed by atoms with E-state index in [9.17, 15) is 0 Å². The molecule has 4 nitrogen and oxygen atoms in total. The van der Waals surface area contributed by atoms with Gasteiger partial charge in [-0.15, -0.1) is 12.4 Å². The lowest BCUT2D eigenvalue weighted by atomic mass is 10.3. The molecule has 2 rings (SSSR count). The van der Waals surface area contributed by atoms with Crippen LogP contribution in [0.3, 0.4) is 0 Å². The Hall–Kier alpha value is -1.41. The predicted octanol–water partition coefficient (Wildman–Crippen LogP) is 2.22. The second kappa shape index (κ2) is 10.3. The fourth-order valence-corrected chi connectivity index (χ4v) is 1.92. The minimum atomic E-state index is 0. The van der Waals surface area contributed by atoms with Gasteiger partial charge < -0.3 is 14.2 Å². The van der Waals surface area contributed by atoms with Gasteiger partial charge in [0.2, 0.25) is 0 Å². The van der Waals surface area contributed by atoms with Crippen LogP contribution in [0, 0.1) is 11.8 Å². The van der Waals surface area contributed by atoms with Crippen molar-refractivity contribution in [1.82, 2.24) is 4.90 Å². The van der Waals surface area contributed by atoms with Crippen molar-refractivity contribution >= 4 is 12.4 Å². The Balaban J connectivity index is 0.00000220. The minimum absolute atomic E-state index is 0. The first-order chi connectivity index (χ1) is 9.88. The molecule has 0 bridgehead atoms. The molecule has 21 heavy (non-hydrogen) atoms. The molecule has 0 amide bonds. The molecular weight excluding hydrogens is 290 g/mol. The Morgan fingerprint density at radius 1 is 1.14 bits per heavy atom. The monoisotopic (exact) mass is 311 g/mol. The Morgan fingerprint density at radius 3 is 2.57 bits per heavy atom. The number of hydrogen-bond donors (Lipinski definition) is 0. The Kier molecular flexibility index (Phi) is 8.68. The lowest BCUT2D eigenvalue weighted by molar-refractivity contribution is 0.0443. The molecule has 0 radical (unpaired) electrons. The molecule has 1 heterocycles. The summed E-state index contributed by atoms with van der Waals surface area (Å²) in [5, 5.41) is 0. The number of rotatable bonds is 5. The minimum Gasteiger partial charge on any atom is -0.494 e. The van der Waals surface area contributed by atoms with Crippen LogP contribution in [0.4, 0.5) is 0 Å². The van der Waals surface area contributed by atoms with Crippen molar-refractivity contribution in [3.8, 4) is 23.3 Å². The molecule has 1 saturated heterocycles. The van der Waals surface area contributed by atoms with Crippen molar-refractivity contribution < 1.29 is 14.2 Å². The third kappa shape index (κ3) is 6.72. The highest BCUT2D eigenvalue weighted by Gasteiger charge is 2.07. The van der Waals surface area contributed by atoms with Gasteiger partial charge in [-0.25, -0.2) is 0 Å². The van der Waals surface area contributed by atoms with Gasteiger partial charge in [-0.3, -0.25) is 4.90 Å². The van der Waals surface area contributed by atoms with Gasteiger partial charge in [0, 0.05) is 19.2 Å². The van der Waals surface area contributed by atoms with Gasteiger partial charge in [0.25, 0.3) is 0 Å². The second-order valence-corrected chi connectivity index (χ2v) is 4.44. The van der Waals surface area contributed by atoms with Gasteiger partial charge in [-0.1, -0.05) is 17.9 Å². The van der Waals surface area contributed by atoms with Gasteiger partial charge in [-0.05, 0) is 19.1 Å². The summed E-state index contributed by atoms with van der Waals surface area (Å²) in [6.45, 7) is 7.35. The van der Waals surface area contributed by atoms with Crippen molar-refractivity contribution in [2.45, 2.75) is 6.92 Å². The van der Waals surface area contributed by atoms with E-state index in [1.54, 1.807) is 0 Å². The van der Waals surface area contributed by atoms with E-state index in [1.807, 2.05) is 31.2 Å². The lowest BCUT2D eigenvalue weighted by Crippen LogP contribution is -2.36. The largest absolute Gasteiger partial charge is 0.494 e. The molecule has 0 aromatic heterocycles.